The largest absolute Gasteiger partial charge is 0.398 e. The van der Waals surface area contributed by atoms with Gasteiger partial charge in [-0.25, -0.2) is 4.39 Å². The van der Waals surface area contributed by atoms with Crippen molar-refractivity contribution in [2.24, 2.45) is 0 Å². The first-order valence-corrected chi connectivity index (χ1v) is 3.34. The number of rotatable bonds is 2. The van der Waals surface area contributed by atoms with Crippen LogP contribution in [0.5, 0.6) is 0 Å². The van der Waals surface area contributed by atoms with Crippen molar-refractivity contribution in [1.29, 1.82) is 0 Å². The number of allylic oxidation sites excluding steroid dienone is 1. The van der Waals surface area contributed by atoms with Crippen LogP contribution < -0.4 is 5.73 Å². The lowest BCUT2D eigenvalue weighted by atomic mass is 10.1. The summed E-state index contributed by atoms with van der Waals surface area (Å²) >= 11 is 0. The van der Waals surface area contributed by atoms with Crippen LogP contribution >= 0.6 is 0 Å². The molecule has 1 aromatic rings. The van der Waals surface area contributed by atoms with Crippen LogP contribution in [-0.2, 0) is 4.79 Å². The zero-order valence-electron chi connectivity index (χ0n) is 6.38. The van der Waals surface area contributed by atoms with Crippen molar-refractivity contribution >= 4 is 17.5 Å². The highest BCUT2D eigenvalue weighted by Gasteiger charge is 2.02. The molecule has 0 aliphatic carbocycles. The van der Waals surface area contributed by atoms with Crippen LogP contribution in [0.2, 0.25) is 0 Å². The van der Waals surface area contributed by atoms with Gasteiger partial charge in [-0.15, -0.1) is 0 Å². The summed E-state index contributed by atoms with van der Waals surface area (Å²) in [5.41, 5.74) is 6.40. The van der Waals surface area contributed by atoms with E-state index in [0.717, 1.165) is 6.07 Å². The van der Waals surface area contributed by atoms with Gasteiger partial charge in [0.25, 0.3) is 0 Å². The number of nitrogens with two attached hydrogens (primary N) is 1. The first-order valence-electron chi connectivity index (χ1n) is 3.34. The molecule has 0 saturated carbocycles. The fourth-order valence-electron chi connectivity index (χ4n) is 0.890. The lowest BCUT2D eigenvalue weighted by molar-refractivity contribution is -0.103. The number of carbonyl (C=O) groups is 1. The Kier molecular flexibility index (Phi) is 2.24. The number of halogens is 1. The van der Waals surface area contributed by atoms with E-state index in [1.807, 2.05) is 0 Å². The smallest absolute Gasteiger partial charge is 0.150 e. The summed E-state index contributed by atoms with van der Waals surface area (Å²) in [7, 11) is 0. The predicted octanol–water partition coefficient (Wildman–Crippen LogP) is 1.62. The van der Waals surface area contributed by atoms with Crippen molar-refractivity contribution in [2.45, 2.75) is 0 Å². The number of aldehydes is 1. The molecule has 0 atom stereocenters. The van der Waals surface area contributed by atoms with E-state index in [0.29, 0.717) is 11.8 Å². The highest BCUT2D eigenvalue weighted by Crippen LogP contribution is 2.19. The summed E-state index contributed by atoms with van der Waals surface area (Å²) in [6.07, 6.45) is 0.587. The molecule has 0 saturated heterocycles. The molecule has 0 aliphatic rings. The molecule has 0 heterocycles. The number of hydrogen-bond donors (Lipinski definition) is 1. The van der Waals surface area contributed by atoms with E-state index in [1.54, 1.807) is 0 Å². The van der Waals surface area contributed by atoms with Crippen LogP contribution in [0.25, 0.3) is 5.57 Å². The molecule has 1 aromatic carbocycles. The summed E-state index contributed by atoms with van der Waals surface area (Å²) in [5.74, 6) is -0.421. The van der Waals surface area contributed by atoms with Gasteiger partial charge < -0.3 is 5.73 Å². The van der Waals surface area contributed by atoms with Gasteiger partial charge in [0, 0.05) is 16.8 Å². The van der Waals surface area contributed by atoms with Crippen molar-refractivity contribution in [1.82, 2.24) is 0 Å². The summed E-state index contributed by atoms with van der Waals surface area (Å²) in [6.45, 7) is 3.46. The first kappa shape index (κ1) is 8.46. The lowest BCUT2D eigenvalue weighted by Crippen LogP contribution is -1.94. The van der Waals surface area contributed by atoms with Gasteiger partial charge >= 0.3 is 0 Å². The summed E-state index contributed by atoms with van der Waals surface area (Å²) in [5, 5.41) is 0. The van der Waals surface area contributed by atoms with Crippen LogP contribution in [0.3, 0.4) is 0 Å². The number of anilines is 1. The SMILES string of the molecule is C=C(C=O)c1ccc(F)cc1N. The molecular weight excluding hydrogens is 157 g/mol. The minimum absolute atomic E-state index is 0.229. The van der Waals surface area contributed by atoms with Crippen LogP contribution in [0.1, 0.15) is 5.56 Å². The third-order valence-electron chi connectivity index (χ3n) is 1.50. The predicted molar refractivity (Wildman–Crippen MR) is 45.9 cm³/mol. The van der Waals surface area contributed by atoms with Crippen molar-refractivity contribution in [3.05, 3.63) is 36.2 Å². The fraction of sp³-hybridized carbons (Fsp3) is 0. The third-order valence-corrected chi connectivity index (χ3v) is 1.50. The van der Waals surface area contributed by atoms with Gasteiger partial charge in [0.05, 0.1) is 0 Å². The topological polar surface area (TPSA) is 43.1 Å². The molecule has 0 fully saturated rings. The van der Waals surface area contributed by atoms with Crippen LogP contribution in [0, 0.1) is 5.82 Å². The van der Waals surface area contributed by atoms with Gasteiger partial charge in [-0.2, -0.15) is 0 Å². The number of carbonyl (C=O) groups excluding carboxylic acids is 1. The Morgan fingerprint density at radius 1 is 1.58 bits per heavy atom. The second kappa shape index (κ2) is 3.17. The lowest BCUT2D eigenvalue weighted by Gasteiger charge is -2.02. The number of hydrogen-bond acceptors (Lipinski definition) is 2. The van der Waals surface area contributed by atoms with Crippen molar-refractivity contribution in [3.63, 3.8) is 0 Å². The molecule has 1 rings (SSSR count). The van der Waals surface area contributed by atoms with Gasteiger partial charge in [0.1, 0.15) is 12.1 Å². The number of benzene rings is 1. The van der Waals surface area contributed by atoms with Crippen molar-refractivity contribution < 1.29 is 9.18 Å². The Balaban J connectivity index is 3.18. The Bertz CT molecular complexity index is 333. The first-order chi connectivity index (χ1) is 5.65. The second-order valence-corrected chi connectivity index (χ2v) is 2.37. The van der Waals surface area contributed by atoms with Gasteiger partial charge in [-0.1, -0.05) is 6.58 Å². The van der Waals surface area contributed by atoms with Gasteiger partial charge in [0.2, 0.25) is 0 Å². The van der Waals surface area contributed by atoms with E-state index in [1.165, 1.54) is 12.1 Å². The molecule has 0 aromatic heterocycles. The molecule has 2 N–H and O–H groups in total. The maximum atomic E-state index is 12.5. The molecule has 12 heavy (non-hydrogen) atoms. The minimum Gasteiger partial charge on any atom is -0.398 e. The molecule has 2 nitrogen and oxygen atoms in total. The van der Waals surface area contributed by atoms with E-state index < -0.39 is 5.82 Å². The maximum absolute atomic E-state index is 12.5. The normalized spacial score (nSPS) is 9.42. The Hall–Kier alpha value is -1.64. The van der Waals surface area contributed by atoms with E-state index in [9.17, 15) is 9.18 Å². The maximum Gasteiger partial charge on any atom is 0.150 e. The monoisotopic (exact) mass is 165 g/mol. The molecule has 0 radical (unpaired) electrons. The van der Waals surface area contributed by atoms with Crippen LogP contribution in [0.4, 0.5) is 10.1 Å². The van der Waals surface area contributed by atoms with Gasteiger partial charge in [0.15, 0.2) is 0 Å². The fourth-order valence-corrected chi connectivity index (χ4v) is 0.890. The van der Waals surface area contributed by atoms with Crippen LogP contribution in [-0.4, -0.2) is 6.29 Å². The molecule has 0 bridgehead atoms. The molecule has 3 heteroatoms. The summed E-state index contributed by atoms with van der Waals surface area (Å²) < 4.78 is 12.5. The van der Waals surface area contributed by atoms with E-state index >= 15 is 0 Å². The highest BCUT2D eigenvalue weighted by atomic mass is 19.1. The third kappa shape index (κ3) is 1.50. The Morgan fingerprint density at radius 2 is 2.25 bits per heavy atom. The summed E-state index contributed by atoms with van der Waals surface area (Å²) in [4.78, 5) is 10.3. The standard InChI is InChI=1S/C9H8FNO/c1-6(5-12)8-3-2-7(10)4-9(8)11/h2-5H,1,11H2. The summed E-state index contributed by atoms with van der Waals surface area (Å²) in [6, 6.07) is 3.83. The van der Waals surface area contributed by atoms with E-state index in [-0.39, 0.29) is 11.3 Å². The molecule has 0 amide bonds. The van der Waals surface area contributed by atoms with Gasteiger partial charge in [-0.05, 0) is 18.2 Å². The highest BCUT2D eigenvalue weighted by molar-refractivity contribution is 6.07. The molecular formula is C9H8FNO. The molecule has 0 spiro atoms. The Labute approximate surface area is 69.5 Å². The second-order valence-electron chi connectivity index (χ2n) is 2.37. The number of nitrogen functional groups attached to an aromatic ring is 1. The van der Waals surface area contributed by atoms with E-state index in [2.05, 4.69) is 6.58 Å². The Morgan fingerprint density at radius 3 is 2.75 bits per heavy atom. The minimum atomic E-state index is -0.421. The van der Waals surface area contributed by atoms with E-state index in [4.69, 9.17) is 5.73 Å². The van der Waals surface area contributed by atoms with Gasteiger partial charge in [-0.3, -0.25) is 4.79 Å². The van der Waals surface area contributed by atoms with Crippen molar-refractivity contribution in [2.75, 3.05) is 5.73 Å². The average Bonchev–Trinajstić information content (AvgIpc) is 2.03. The quantitative estimate of drug-likeness (QED) is 0.411. The molecule has 62 valence electrons. The van der Waals surface area contributed by atoms with Crippen LogP contribution in [0.15, 0.2) is 24.8 Å². The van der Waals surface area contributed by atoms with Crippen molar-refractivity contribution in [3.8, 4) is 0 Å². The average molecular weight is 165 g/mol. The molecule has 0 aliphatic heterocycles. The zero-order chi connectivity index (χ0) is 9.14. The molecule has 0 unspecified atom stereocenters. The zero-order valence-corrected chi connectivity index (χ0v) is 6.38.